The van der Waals surface area contributed by atoms with E-state index in [0.717, 1.165) is 39.8 Å². The van der Waals surface area contributed by atoms with Crippen LogP contribution in [0.1, 0.15) is 16.8 Å². The fraction of sp³-hybridized carbons (Fsp3) is 0.154. The third-order valence-corrected chi connectivity index (χ3v) is 5.68. The Balaban J connectivity index is 1.64. The Morgan fingerprint density at radius 1 is 0.774 bits per heavy atom. The Morgan fingerprint density at radius 3 is 2.16 bits per heavy atom. The van der Waals surface area contributed by atoms with Crippen molar-refractivity contribution in [1.82, 2.24) is 9.97 Å². The summed E-state index contributed by atoms with van der Waals surface area (Å²) in [4.78, 5) is 14.2. The number of hydrogen-bond donors (Lipinski definition) is 0. The molecule has 1 aliphatic rings. The van der Waals surface area contributed by atoms with E-state index in [0.29, 0.717) is 13.2 Å². The van der Waals surface area contributed by atoms with Gasteiger partial charge in [-0.25, -0.2) is 14.4 Å². The number of anilines is 3. The second-order valence-corrected chi connectivity index (χ2v) is 7.88. The molecule has 3 aromatic carbocycles. The maximum Gasteiger partial charge on any atom is 0.161 e. The van der Waals surface area contributed by atoms with Crippen molar-refractivity contribution in [1.29, 1.82) is 0 Å². The molecule has 0 atom stereocenters. The minimum atomic E-state index is -0.233. The Hall–Kier alpha value is -3.73. The molecular weight excluding hydrogens is 387 g/mol. The van der Waals surface area contributed by atoms with Gasteiger partial charge in [-0.3, -0.25) is 0 Å². The molecule has 0 saturated carbocycles. The van der Waals surface area contributed by atoms with Gasteiger partial charge in [-0.2, -0.15) is 0 Å². The summed E-state index contributed by atoms with van der Waals surface area (Å²) in [5.74, 6) is 1.42. The van der Waals surface area contributed by atoms with Crippen LogP contribution in [-0.2, 0) is 6.54 Å². The lowest BCUT2D eigenvalue weighted by molar-refractivity contribution is 0.627. The predicted octanol–water partition coefficient (Wildman–Crippen LogP) is 6.02. The quantitative estimate of drug-likeness (QED) is 0.414. The van der Waals surface area contributed by atoms with Gasteiger partial charge in [0.2, 0.25) is 0 Å². The predicted molar refractivity (Wildman–Crippen MR) is 123 cm³/mol. The highest BCUT2D eigenvalue weighted by atomic mass is 19.1. The molecule has 1 aromatic heterocycles. The lowest BCUT2D eigenvalue weighted by Gasteiger charge is -2.39. The molecule has 5 rings (SSSR count). The summed E-state index contributed by atoms with van der Waals surface area (Å²) < 4.78 is 13.5. The Labute approximate surface area is 181 Å². The van der Waals surface area contributed by atoms with Crippen LogP contribution < -0.4 is 9.80 Å². The van der Waals surface area contributed by atoms with Crippen molar-refractivity contribution in [2.24, 2.45) is 0 Å². The molecule has 5 heteroatoms. The van der Waals surface area contributed by atoms with E-state index < -0.39 is 0 Å². The van der Waals surface area contributed by atoms with E-state index in [1.807, 2.05) is 49.4 Å². The van der Waals surface area contributed by atoms with Crippen LogP contribution in [0.4, 0.5) is 21.6 Å². The van der Waals surface area contributed by atoms with E-state index in [9.17, 15) is 4.39 Å². The van der Waals surface area contributed by atoms with E-state index in [-0.39, 0.29) is 5.82 Å². The molecule has 1 aliphatic heterocycles. The number of fused-ring (bicyclic) bond motifs is 1. The number of rotatable bonds is 3. The van der Waals surface area contributed by atoms with Gasteiger partial charge in [0, 0.05) is 28.2 Å². The molecule has 0 unspecified atom stereocenters. The van der Waals surface area contributed by atoms with E-state index >= 15 is 0 Å². The van der Waals surface area contributed by atoms with Crippen molar-refractivity contribution in [2.45, 2.75) is 20.4 Å². The summed E-state index contributed by atoms with van der Waals surface area (Å²) in [5.41, 5.74) is 6.27. The molecule has 0 spiro atoms. The fourth-order valence-corrected chi connectivity index (χ4v) is 3.94. The Bertz CT molecular complexity index is 1200. The first-order valence-electron chi connectivity index (χ1n) is 10.4. The molecule has 4 nitrogen and oxygen atoms in total. The van der Waals surface area contributed by atoms with Crippen molar-refractivity contribution in [2.75, 3.05) is 16.5 Å². The summed E-state index contributed by atoms with van der Waals surface area (Å²) in [6, 6.07) is 25.2. The molecule has 2 heterocycles. The van der Waals surface area contributed by atoms with Crippen LogP contribution in [0.25, 0.3) is 11.4 Å². The molecule has 0 fully saturated rings. The van der Waals surface area contributed by atoms with Crippen molar-refractivity contribution in [3.05, 3.63) is 102 Å². The zero-order valence-corrected chi connectivity index (χ0v) is 17.6. The minimum absolute atomic E-state index is 0.233. The van der Waals surface area contributed by atoms with Crippen LogP contribution >= 0.6 is 0 Å². The van der Waals surface area contributed by atoms with Gasteiger partial charge in [0.25, 0.3) is 0 Å². The van der Waals surface area contributed by atoms with Crippen molar-refractivity contribution in [3.8, 4) is 11.4 Å². The van der Waals surface area contributed by atoms with Gasteiger partial charge < -0.3 is 9.80 Å². The van der Waals surface area contributed by atoms with Gasteiger partial charge in [0.1, 0.15) is 11.6 Å². The third kappa shape index (κ3) is 3.75. The molecule has 0 aliphatic carbocycles. The zero-order valence-electron chi connectivity index (χ0n) is 17.6. The van der Waals surface area contributed by atoms with E-state index in [1.54, 1.807) is 0 Å². The summed E-state index contributed by atoms with van der Waals surface area (Å²) >= 11 is 0. The summed E-state index contributed by atoms with van der Waals surface area (Å²) in [6.45, 7) is 5.41. The smallest absolute Gasteiger partial charge is 0.161 e. The monoisotopic (exact) mass is 410 g/mol. The van der Waals surface area contributed by atoms with Crippen molar-refractivity contribution < 1.29 is 4.39 Å². The van der Waals surface area contributed by atoms with Gasteiger partial charge in [-0.15, -0.1) is 0 Å². The van der Waals surface area contributed by atoms with Gasteiger partial charge in [0.05, 0.1) is 13.2 Å². The first-order valence-corrected chi connectivity index (χ1v) is 10.4. The zero-order chi connectivity index (χ0) is 21.4. The van der Waals surface area contributed by atoms with Crippen LogP contribution in [0.15, 0.2) is 78.9 Å². The van der Waals surface area contributed by atoms with Crippen LogP contribution in [-0.4, -0.2) is 16.6 Å². The second-order valence-electron chi connectivity index (χ2n) is 7.88. The molecule has 0 saturated heterocycles. The number of nitrogens with zero attached hydrogens (tertiary/aromatic N) is 4. The second kappa shape index (κ2) is 7.84. The number of aryl methyl sites for hydroxylation is 2. The molecule has 31 heavy (non-hydrogen) atoms. The standard InChI is InChI=1S/C26H23FN4/c1-18-8-12-23(13-9-18)31-17-30(22-14-10-21(27)11-15-22)16-24-19(2)28-25(29-26(24)31)20-6-4-3-5-7-20/h3-15H,16-17H2,1-2H3. The van der Waals surface area contributed by atoms with E-state index in [2.05, 4.69) is 41.0 Å². The fourth-order valence-electron chi connectivity index (χ4n) is 3.94. The molecular formula is C26H23FN4. The van der Waals surface area contributed by atoms with Crippen LogP contribution in [0, 0.1) is 19.7 Å². The molecule has 0 amide bonds. The lowest BCUT2D eigenvalue weighted by Crippen LogP contribution is -2.41. The highest BCUT2D eigenvalue weighted by Gasteiger charge is 2.28. The van der Waals surface area contributed by atoms with Gasteiger partial charge in [-0.05, 0) is 50.2 Å². The van der Waals surface area contributed by atoms with Crippen LogP contribution in [0.5, 0.6) is 0 Å². The normalized spacial score (nSPS) is 13.3. The largest absolute Gasteiger partial charge is 0.349 e. The van der Waals surface area contributed by atoms with Gasteiger partial charge >= 0.3 is 0 Å². The van der Waals surface area contributed by atoms with Crippen molar-refractivity contribution in [3.63, 3.8) is 0 Å². The Kier molecular flexibility index (Phi) is 4.86. The van der Waals surface area contributed by atoms with Crippen molar-refractivity contribution >= 4 is 17.2 Å². The number of halogens is 1. The Morgan fingerprint density at radius 2 is 1.45 bits per heavy atom. The first-order chi connectivity index (χ1) is 15.1. The molecule has 0 N–H and O–H groups in total. The summed E-state index contributed by atoms with van der Waals surface area (Å²) in [5, 5.41) is 0. The number of hydrogen-bond acceptors (Lipinski definition) is 4. The first kappa shape index (κ1) is 19.2. The molecule has 0 bridgehead atoms. The average Bonchev–Trinajstić information content (AvgIpc) is 2.80. The SMILES string of the molecule is Cc1ccc(N2CN(c3ccc(F)cc3)Cc3c(C)nc(-c4ccccc4)nc32)cc1. The average molecular weight is 410 g/mol. The maximum atomic E-state index is 13.5. The minimum Gasteiger partial charge on any atom is -0.349 e. The van der Waals surface area contributed by atoms with Crippen LogP contribution in [0.2, 0.25) is 0 Å². The number of aromatic nitrogens is 2. The molecule has 0 radical (unpaired) electrons. The van der Waals surface area contributed by atoms with Gasteiger partial charge in [-0.1, -0.05) is 48.0 Å². The highest BCUT2D eigenvalue weighted by Crippen LogP contribution is 2.36. The van der Waals surface area contributed by atoms with E-state index in [4.69, 9.17) is 9.97 Å². The lowest BCUT2D eigenvalue weighted by atomic mass is 10.1. The summed E-state index contributed by atoms with van der Waals surface area (Å²) in [7, 11) is 0. The van der Waals surface area contributed by atoms with Gasteiger partial charge in [0.15, 0.2) is 5.82 Å². The topological polar surface area (TPSA) is 32.3 Å². The third-order valence-electron chi connectivity index (χ3n) is 5.68. The highest BCUT2D eigenvalue weighted by molar-refractivity contribution is 5.71. The number of benzene rings is 3. The summed E-state index contributed by atoms with van der Waals surface area (Å²) in [6.07, 6.45) is 0. The van der Waals surface area contributed by atoms with Crippen LogP contribution in [0.3, 0.4) is 0 Å². The van der Waals surface area contributed by atoms with E-state index in [1.165, 1.54) is 17.7 Å². The molecule has 154 valence electrons. The molecule has 4 aromatic rings. The maximum absolute atomic E-state index is 13.5.